The van der Waals surface area contributed by atoms with Gasteiger partial charge in [-0.1, -0.05) is 29.4 Å². The normalized spacial score (nSPS) is 9.75. The number of azide groups is 1. The van der Waals surface area contributed by atoms with E-state index in [1.165, 1.54) is 14.2 Å². The van der Waals surface area contributed by atoms with Crippen LogP contribution in [0.1, 0.15) is 26.3 Å². The Kier molecular flexibility index (Phi) is 5.54. The number of ether oxygens (including phenoxy) is 2. The zero-order chi connectivity index (χ0) is 17.5. The second kappa shape index (κ2) is 7.80. The van der Waals surface area contributed by atoms with Crippen LogP contribution in [0.5, 0.6) is 0 Å². The van der Waals surface area contributed by atoms with Gasteiger partial charge in [-0.05, 0) is 40.4 Å². The molecule has 0 heterocycles. The van der Waals surface area contributed by atoms with Crippen LogP contribution in [-0.2, 0) is 16.0 Å². The molecular weight excluding hydrogens is 310 g/mol. The van der Waals surface area contributed by atoms with Crippen LogP contribution in [0.4, 0.5) is 0 Å². The van der Waals surface area contributed by atoms with Crippen LogP contribution < -0.4 is 0 Å². The molecule has 0 fully saturated rings. The number of esters is 2. The number of benzene rings is 2. The first kappa shape index (κ1) is 17.1. The van der Waals surface area contributed by atoms with Gasteiger partial charge in [0.05, 0.1) is 31.9 Å². The van der Waals surface area contributed by atoms with Crippen LogP contribution >= 0.6 is 0 Å². The molecule has 7 heteroatoms. The molecule has 0 spiro atoms. The summed E-state index contributed by atoms with van der Waals surface area (Å²) in [5.41, 5.74) is 11.1. The molecule has 0 radical (unpaired) electrons. The highest BCUT2D eigenvalue weighted by atomic mass is 16.5. The average Bonchev–Trinajstić information content (AvgIpc) is 2.64. The first-order valence-corrected chi connectivity index (χ1v) is 7.02. The Morgan fingerprint density at radius 3 is 2.42 bits per heavy atom. The van der Waals surface area contributed by atoms with E-state index in [0.29, 0.717) is 27.8 Å². The largest absolute Gasteiger partial charge is 0.465 e. The molecule has 24 heavy (non-hydrogen) atoms. The summed E-state index contributed by atoms with van der Waals surface area (Å²) < 4.78 is 9.54. The maximum absolute atomic E-state index is 12.0. The van der Waals surface area contributed by atoms with Crippen molar-refractivity contribution in [1.29, 1.82) is 0 Å². The molecule has 0 aliphatic rings. The van der Waals surface area contributed by atoms with Crippen LogP contribution in [0.2, 0.25) is 0 Å². The van der Waals surface area contributed by atoms with Crippen LogP contribution in [0.3, 0.4) is 0 Å². The summed E-state index contributed by atoms with van der Waals surface area (Å²) in [6, 6.07) is 11.7. The van der Waals surface area contributed by atoms with Crippen molar-refractivity contribution in [2.75, 3.05) is 14.2 Å². The summed E-state index contributed by atoms with van der Waals surface area (Å²) in [6.07, 6.45) is 0. The van der Waals surface area contributed by atoms with Gasteiger partial charge in [0, 0.05) is 4.91 Å². The molecule has 0 aliphatic carbocycles. The minimum atomic E-state index is -0.498. The van der Waals surface area contributed by atoms with Gasteiger partial charge in [0.25, 0.3) is 0 Å². The fourth-order valence-corrected chi connectivity index (χ4v) is 2.32. The van der Waals surface area contributed by atoms with Gasteiger partial charge >= 0.3 is 11.9 Å². The maximum atomic E-state index is 12.0. The SMILES string of the molecule is COC(=O)c1ccc(CN=[N+]=[N-])c(-c2ccccc2C(=O)OC)c1. The van der Waals surface area contributed by atoms with Gasteiger partial charge < -0.3 is 9.47 Å². The third-order valence-electron chi connectivity index (χ3n) is 3.46. The molecule has 122 valence electrons. The lowest BCUT2D eigenvalue weighted by Gasteiger charge is -2.13. The third kappa shape index (κ3) is 3.53. The molecule has 0 aliphatic heterocycles. The van der Waals surface area contributed by atoms with Crippen molar-refractivity contribution >= 4 is 11.9 Å². The molecule has 0 bridgehead atoms. The number of hydrogen-bond donors (Lipinski definition) is 0. The minimum Gasteiger partial charge on any atom is -0.465 e. The molecule has 0 N–H and O–H groups in total. The average molecular weight is 325 g/mol. The van der Waals surface area contributed by atoms with E-state index in [2.05, 4.69) is 10.0 Å². The summed E-state index contributed by atoms with van der Waals surface area (Å²) in [5.74, 6) is -0.995. The van der Waals surface area contributed by atoms with Crippen molar-refractivity contribution in [2.45, 2.75) is 6.54 Å². The summed E-state index contributed by atoms with van der Waals surface area (Å²) in [6.45, 7) is 0.0861. The smallest absolute Gasteiger partial charge is 0.338 e. The highest BCUT2D eigenvalue weighted by Crippen LogP contribution is 2.29. The van der Waals surface area contributed by atoms with E-state index in [1.807, 2.05) is 0 Å². The van der Waals surface area contributed by atoms with Crippen molar-refractivity contribution in [1.82, 2.24) is 0 Å². The Morgan fingerprint density at radius 1 is 1.04 bits per heavy atom. The maximum Gasteiger partial charge on any atom is 0.338 e. The fraction of sp³-hybridized carbons (Fsp3) is 0.176. The number of rotatable bonds is 5. The number of nitrogens with zero attached hydrogens (tertiary/aromatic N) is 3. The van der Waals surface area contributed by atoms with Gasteiger partial charge in [-0.3, -0.25) is 0 Å². The highest BCUT2D eigenvalue weighted by molar-refractivity contribution is 5.99. The summed E-state index contributed by atoms with van der Waals surface area (Å²) >= 11 is 0. The lowest BCUT2D eigenvalue weighted by Crippen LogP contribution is -2.06. The van der Waals surface area contributed by atoms with E-state index in [0.717, 1.165) is 0 Å². The second-order valence-corrected chi connectivity index (χ2v) is 4.79. The van der Waals surface area contributed by atoms with Gasteiger partial charge in [-0.25, -0.2) is 9.59 Å². The van der Waals surface area contributed by atoms with Crippen LogP contribution in [0.15, 0.2) is 47.6 Å². The van der Waals surface area contributed by atoms with Gasteiger partial charge in [0.15, 0.2) is 0 Å². The molecule has 2 rings (SSSR count). The number of carbonyl (C=O) groups is 2. The van der Waals surface area contributed by atoms with E-state index in [4.69, 9.17) is 15.0 Å². The molecule has 7 nitrogen and oxygen atoms in total. The van der Waals surface area contributed by atoms with Gasteiger partial charge in [0.2, 0.25) is 0 Å². The predicted octanol–water partition coefficient (Wildman–Crippen LogP) is 3.74. The molecular formula is C17H15N3O4. The molecule has 0 saturated carbocycles. The second-order valence-electron chi connectivity index (χ2n) is 4.79. The standard InChI is InChI=1S/C17H15N3O4/c1-23-16(21)11-7-8-12(10-19-20-18)15(9-11)13-5-3-4-6-14(13)17(22)24-2/h3-9H,10H2,1-2H3. The van der Waals surface area contributed by atoms with Crippen molar-refractivity contribution < 1.29 is 19.1 Å². The Labute approximate surface area is 138 Å². The van der Waals surface area contributed by atoms with E-state index in [-0.39, 0.29) is 6.54 Å². The highest BCUT2D eigenvalue weighted by Gasteiger charge is 2.17. The van der Waals surface area contributed by atoms with Crippen molar-refractivity contribution in [3.63, 3.8) is 0 Å². The predicted molar refractivity (Wildman–Crippen MR) is 87.4 cm³/mol. The molecule has 0 aromatic heterocycles. The molecule has 0 unspecified atom stereocenters. The zero-order valence-corrected chi connectivity index (χ0v) is 13.2. The topological polar surface area (TPSA) is 101 Å². The van der Waals surface area contributed by atoms with E-state index >= 15 is 0 Å². The number of methoxy groups -OCH3 is 2. The first-order chi connectivity index (χ1) is 11.6. The molecule has 2 aromatic rings. The van der Waals surface area contributed by atoms with Crippen molar-refractivity contribution in [2.24, 2.45) is 5.11 Å². The van der Waals surface area contributed by atoms with Gasteiger partial charge in [-0.2, -0.15) is 0 Å². The van der Waals surface area contributed by atoms with Crippen LogP contribution in [0.25, 0.3) is 21.6 Å². The van der Waals surface area contributed by atoms with Crippen LogP contribution in [0, 0.1) is 0 Å². The van der Waals surface area contributed by atoms with Crippen LogP contribution in [-0.4, -0.2) is 26.2 Å². The number of hydrogen-bond acceptors (Lipinski definition) is 5. The fourth-order valence-electron chi connectivity index (χ4n) is 2.32. The molecule has 0 amide bonds. The summed E-state index contributed by atoms with van der Waals surface area (Å²) in [7, 11) is 2.59. The monoisotopic (exact) mass is 325 g/mol. The van der Waals surface area contributed by atoms with E-state index in [1.54, 1.807) is 42.5 Å². The van der Waals surface area contributed by atoms with Gasteiger partial charge in [0.1, 0.15) is 0 Å². The van der Waals surface area contributed by atoms with Crippen molar-refractivity contribution in [3.8, 4) is 11.1 Å². The lowest BCUT2D eigenvalue weighted by atomic mass is 9.93. The first-order valence-electron chi connectivity index (χ1n) is 7.02. The summed E-state index contributed by atoms with van der Waals surface area (Å²) in [4.78, 5) is 26.6. The minimum absolute atomic E-state index is 0.0861. The Bertz CT molecular complexity index is 826. The molecule has 2 aromatic carbocycles. The van der Waals surface area contributed by atoms with E-state index in [9.17, 15) is 9.59 Å². The zero-order valence-electron chi connectivity index (χ0n) is 13.2. The van der Waals surface area contributed by atoms with E-state index < -0.39 is 11.9 Å². The molecule has 0 atom stereocenters. The van der Waals surface area contributed by atoms with Crippen molar-refractivity contribution in [3.05, 3.63) is 69.6 Å². The summed E-state index contributed by atoms with van der Waals surface area (Å²) in [5, 5.41) is 3.57. The Hall–Kier alpha value is -3.31. The Morgan fingerprint density at radius 2 is 1.75 bits per heavy atom. The van der Waals surface area contributed by atoms with Gasteiger partial charge in [-0.15, -0.1) is 0 Å². The Balaban J connectivity index is 2.68. The third-order valence-corrected chi connectivity index (χ3v) is 3.46. The molecule has 0 saturated heterocycles. The lowest BCUT2D eigenvalue weighted by molar-refractivity contribution is 0.0593. The number of carbonyl (C=O) groups excluding carboxylic acids is 2. The quantitative estimate of drug-likeness (QED) is 0.361.